The Morgan fingerprint density at radius 3 is 1.97 bits per heavy atom. The predicted octanol–water partition coefficient (Wildman–Crippen LogP) is 8.58. The van der Waals surface area contributed by atoms with E-state index in [1.54, 1.807) is 46.2 Å². The first-order chi connectivity index (χ1) is 18.1. The lowest BCUT2D eigenvalue weighted by Gasteiger charge is -2.06. The van der Waals surface area contributed by atoms with Crippen molar-refractivity contribution in [1.29, 1.82) is 21.0 Å². The third kappa shape index (κ3) is 4.58. The number of aryl methyl sites for hydroxylation is 1. The summed E-state index contributed by atoms with van der Waals surface area (Å²) in [6.07, 6.45) is 4.26. The largest absolute Gasteiger partial charge is 0.340 e. The molecule has 0 aliphatic rings. The topological polar surface area (TPSA) is 100 Å². The maximum atomic E-state index is 9.05. The van der Waals surface area contributed by atoms with Gasteiger partial charge in [0.05, 0.1) is 15.7 Å². The van der Waals surface area contributed by atoms with Crippen LogP contribution >= 0.6 is 34.0 Å². The van der Waals surface area contributed by atoms with Gasteiger partial charge in [0.2, 0.25) is 0 Å². The fourth-order valence-electron chi connectivity index (χ4n) is 4.20. The Kier molecular flexibility index (Phi) is 6.74. The minimum absolute atomic E-state index is 0.0983. The Hall–Kier alpha value is -4.44. The van der Waals surface area contributed by atoms with E-state index in [1.807, 2.05) is 48.5 Å². The van der Waals surface area contributed by atoms with Crippen LogP contribution < -0.4 is 0 Å². The molecule has 0 fully saturated rings. The molecule has 8 heteroatoms. The van der Waals surface area contributed by atoms with Crippen LogP contribution in [0.25, 0.3) is 53.5 Å². The zero-order valence-electron chi connectivity index (χ0n) is 19.6. The van der Waals surface area contributed by atoms with Crippen molar-refractivity contribution >= 4 is 67.3 Å². The molecule has 0 N–H and O–H groups in total. The van der Waals surface area contributed by atoms with Crippen molar-refractivity contribution in [3.8, 4) is 44.5 Å². The van der Waals surface area contributed by atoms with Gasteiger partial charge in [-0.3, -0.25) is 0 Å². The molecule has 0 radical (unpaired) electrons. The third-order valence-corrected chi connectivity index (χ3v) is 9.29. The Balaban J connectivity index is 1.57. The van der Waals surface area contributed by atoms with Crippen LogP contribution in [0.5, 0.6) is 0 Å². The summed E-state index contributed by atoms with van der Waals surface area (Å²) in [5.41, 5.74) is 3.70. The van der Waals surface area contributed by atoms with E-state index in [2.05, 4.69) is 35.8 Å². The second kappa shape index (κ2) is 10.3. The SMILES string of the molecule is CCCn1c2cc(-c3ccc(C=C(C#N)C#N)s3)ccc2c2sc(-c3ccc(C=C(C#N)C#N)s3)cc21. The number of hydrogen-bond acceptors (Lipinski definition) is 7. The molecular weight excluding hydrogens is 515 g/mol. The molecule has 0 amide bonds. The van der Waals surface area contributed by atoms with Crippen LogP contribution in [0.3, 0.4) is 0 Å². The number of fused-ring (bicyclic) bond motifs is 3. The number of allylic oxidation sites excluding steroid dienone is 2. The zero-order valence-corrected chi connectivity index (χ0v) is 22.1. The van der Waals surface area contributed by atoms with E-state index >= 15 is 0 Å². The Morgan fingerprint density at radius 2 is 1.35 bits per heavy atom. The molecule has 5 rings (SSSR count). The van der Waals surface area contributed by atoms with Crippen molar-refractivity contribution in [2.75, 3.05) is 0 Å². The summed E-state index contributed by atoms with van der Waals surface area (Å²) in [5, 5.41) is 37.4. The van der Waals surface area contributed by atoms with E-state index in [0.717, 1.165) is 38.0 Å². The van der Waals surface area contributed by atoms with Gasteiger partial charge >= 0.3 is 0 Å². The third-order valence-electron chi connectivity index (χ3n) is 5.82. The van der Waals surface area contributed by atoms with E-state index < -0.39 is 0 Å². The highest BCUT2D eigenvalue weighted by Gasteiger charge is 2.17. The normalized spacial score (nSPS) is 10.4. The van der Waals surface area contributed by atoms with Gasteiger partial charge < -0.3 is 4.57 Å². The van der Waals surface area contributed by atoms with Crippen LogP contribution in [0, 0.1) is 45.3 Å². The Morgan fingerprint density at radius 1 is 0.730 bits per heavy atom. The van der Waals surface area contributed by atoms with Gasteiger partial charge in [0, 0.05) is 36.3 Å². The molecular formula is C29H17N5S3. The molecule has 0 saturated heterocycles. The molecule has 4 aromatic heterocycles. The minimum Gasteiger partial charge on any atom is -0.340 e. The summed E-state index contributed by atoms with van der Waals surface area (Å²) in [5.74, 6) is 0. The van der Waals surface area contributed by atoms with Gasteiger partial charge in [0.15, 0.2) is 0 Å². The van der Waals surface area contributed by atoms with Crippen LogP contribution in [-0.2, 0) is 6.54 Å². The van der Waals surface area contributed by atoms with Crippen LogP contribution in [0.2, 0.25) is 0 Å². The molecule has 0 bridgehead atoms. The van der Waals surface area contributed by atoms with Crippen LogP contribution in [0.15, 0.2) is 59.7 Å². The standard InChI is InChI=1S/C29H17N5S3/c1-2-9-34-24-12-20(26-7-4-21(35-26)10-18(14-30)15-31)3-6-23(24)29-25(34)13-28(37-29)27-8-5-22(36-27)11-19(16-32)17-33/h3-8,10-13H,2,9H2,1H3. The molecule has 0 saturated carbocycles. The predicted molar refractivity (Wildman–Crippen MR) is 153 cm³/mol. The molecule has 0 atom stereocenters. The van der Waals surface area contributed by atoms with Crippen molar-refractivity contribution in [2.24, 2.45) is 0 Å². The fourth-order valence-corrected chi connectivity index (χ4v) is 7.38. The number of aromatic nitrogens is 1. The lowest BCUT2D eigenvalue weighted by atomic mass is 10.1. The van der Waals surface area contributed by atoms with Gasteiger partial charge in [-0.1, -0.05) is 19.1 Å². The Labute approximate surface area is 225 Å². The number of benzene rings is 1. The van der Waals surface area contributed by atoms with Crippen LogP contribution in [0.1, 0.15) is 23.1 Å². The van der Waals surface area contributed by atoms with Crippen LogP contribution in [-0.4, -0.2) is 4.57 Å². The van der Waals surface area contributed by atoms with Gasteiger partial charge in [-0.2, -0.15) is 21.0 Å². The lowest BCUT2D eigenvalue weighted by Crippen LogP contribution is -1.95. The average molecular weight is 532 g/mol. The first kappa shape index (κ1) is 24.3. The maximum Gasteiger partial charge on any atom is 0.131 e. The maximum absolute atomic E-state index is 9.05. The molecule has 5 nitrogen and oxygen atoms in total. The quantitative estimate of drug-likeness (QED) is 0.205. The summed E-state index contributed by atoms with van der Waals surface area (Å²) in [7, 11) is 0. The molecule has 0 aliphatic heterocycles. The van der Waals surface area contributed by atoms with Crippen molar-refractivity contribution < 1.29 is 0 Å². The highest BCUT2D eigenvalue weighted by atomic mass is 32.1. The van der Waals surface area contributed by atoms with Crippen LogP contribution in [0.4, 0.5) is 0 Å². The molecule has 176 valence electrons. The fraction of sp³-hybridized carbons (Fsp3) is 0.103. The van der Waals surface area contributed by atoms with E-state index in [9.17, 15) is 0 Å². The average Bonchev–Trinajstić information content (AvgIpc) is 3.71. The highest BCUT2D eigenvalue weighted by Crippen LogP contribution is 2.43. The summed E-state index contributed by atoms with van der Waals surface area (Å²) < 4.78 is 3.62. The van der Waals surface area contributed by atoms with Gasteiger partial charge in [-0.15, -0.1) is 34.0 Å². The zero-order chi connectivity index (χ0) is 25.9. The summed E-state index contributed by atoms with van der Waals surface area (Å²) >= 11 is 4.90. The number of hydrogen-bond donors (Lipinski definition) is 0. The number of thiophene rings is 3. The molecule has 0 aliphatic carbocycles. The molecule has 4 heterocycles. The van der Waals surface area contributed by atoms with Crippen molar-refractivity contribution in [1.82, 2.24) is 4.57 Å². The second-order valence-electron chi connectivity index (χ2n) is 8.18. The number of nitriles is 4. The molecule has 0 spiro atoms. The van der Waals surface area contributed by atoms with E-state index in [4.69, 9.17) is 21.0 Å². The first-order valence-corrected chi connectivity index (χ1v) is 13.8. The monoisotopic (exact) mass is 531 g/mol. The molecule has 5 aromatic rings. The van der Waals surface area contributed by atoms with Gasteiger partial charge in [0.25, 0.3) is 0 Å². The molecule has 1 aromatic carbocycles. The van der Waals surface area contributed by atoms with Crippen molar-refractivity contribution in [3.05, 3.63) is 69.4 Å². The smallest absolute Gasteiger partial charge is 0.131 e. The van der Waals surface area contributed by atoms with Crippen molar-refractivity contribution in [2.45, 2.75) is 19.9 Å². The first-order valence-electron chi connectivity index (χ1n) is 11.4. The van der Waals surface area contributed by atoms with E-state index in [1.165, 1.54) is 26.0 Å². The van der Waals surface area contributed by atoms with Gasteiger partial charge in [-0.05, 0) is 60.5 Å². The Bertz CT molecular complexity index is 1780. The summed E-state index contributed by atoms with van der Waals surface area (Å²) in [6, 6.07) is 24.4. The molecule has 0 unspecified atom stereocenters. The minimum atomic E-state index is 0.0983. The molecule has 37 heavy (non-hydrogen) atoms. The van der Waals surface area contributed by atoms with Gasteiger partial charge in [-0.25, -0.2) is 0 Å². The number of rotatable bonds is 6. The summed E-state index contributed by atoms with van der Waals surface area (Å²) in [6.45, 7) is 3.08. The summed E-state index contributed by atoms with van der Waals surface area (Å²) in [4.78, 5) is 5.14. The van der Waals surface area contributed by atoms with E-state index in [-0.39, 0.29) is 11.1 Å². The lowest BCUT2D eigenvalue weighted by molar-refractivity contribution is 0.724. The van der Waals surface area contributed by atoms with Gasteiger partial charge in [0.1, 0.15) is 35.4 Å². The number of nitrogens with zero attached hydrogens (tertiary/aromatic N) is 5. The van der Waals surface area contributed by atoms with E-state index in [0.29, 0.717) is 0 Å². The second-order valence-corrected chi connectivity index (χ2v) is 11.5. The van der Waals surface area contributed by atoms with Crippen molar-refractivity contribution in [3.63, 3.8) is 0 Å². The highest BCUT2D eigenvalue weighted by molar-refractivity contribution is 7.27.